The van der Waals surface area contributed by atoms with Gasteiger partial charge >= 0.3 is 0 Å². The molecule has 19 heavy (non-hydrogen) atoms. The van der Waals surface area contributed by atoms with Gasteiger partial charge in [0.2, 0.25) is 5.88 Å². The molecule has 2 heterocycles. The molecule has 0 radical (unpaired) electrons. The van der Waals surface area contributed by atoms with Crippen molar-refractivity contribution in [2.24, 2.45) is 0 Å². The van der Waals surface area contributed by atoms with Crippen LogP contribution in [0.1, 0.15) is 10.5 Å². The lowest BCUT2D eigenvalue weighted by atomic mass is 10.4. The summed E-state index contributed by atoms with van der Waals surface area (Å²) in [6.45, 7) is -0.756. The highest BCUT2D eigenvalue weighted by atomic mass is 19.3. The molecule has 2 aromatic heterocycles. The zero-order valence-corrected chi connectivity index (χ0v) is 9.55. The summed E-state index contributed by atoms with van der Waals surface area (Å²) in [5.74, 6) is -0.356. The van der Waals surface area contributed by atoms with Gasteiger partial charge in [0.15, 0.2) is 12.3 Å². The van der Waals surface area contributed by atoms with Crippen molar-refractivity contribution in [3.8, 4) is 5.88 Å². The van der Waals surface area contributed by atoms with E-state index in [2.05, 4.69) is 20.0 Å². The number of nitrogens with one attached hydrogen (secondary N) is 1. The van der Waals surface area contributed by atoms with Gasteiger partial charge in [0.05, 0.1) is 0 Å². The summed E-state index contributed by atoms with van der Waals surface area (Å²) in [6, 6.07) is 5.81. The van der Waals surface area contributed by atoms with E-state index in [1.54, 1.807) is 0 Å². The van der Waals surface area contributed by atoms with Crippen LogP contribution in [-0.2, 0) is 0 Å². The quantitative estimate of drug-likeness (QED) is 0.897. The standard InChI is InChI=1S/C11H9F2N3O3/c12-8(13)6-18-10-3-1-2-9(14-10)15-11(17)7-4-5-19-16-7/h1-5,8H,6H2,(H,14,15,17). The number of carbonyl (C=O) groups is 1. The Morgan fingerprint density at radius 2 is 2.26 bits per heavy atom. The van der Waals surface area contributed by atoms with Gasteiger partial charge in [0, 0.05) is 12.1 Å². The normalized spacial score (nSPS) is 10.5. The predicted molar refractivity (Wildman–Crippen MR) is 60.2 cm³/mol. The van der Waals surface area contributed by atoms with Crippen molar-refractivity contribution in [2.75, 3.05) is 11.9 Å². The third-order valence-electron chi connectivity index (χ3n) is 1.99. The molecule has 0 bridgehead atoms. The fraction of sp³-hybridized carbons (Fsp3) is 0.182. The van der Waals surface area contributed by atoms with Crippen molar-refractivity contribution >= 4 is 11.7 Å². The van der Waals surface area contributed by atoms with Crippen molar-refractivity contribution in [3.63, 3.8) is 0 Å². The van der Waals surface area contributed by atoms with Crippen LogP contribution in [0.15, 0.2) is 35.1 Å². The number of aromatic nitrogens is 2. The third kappa shape index (κ3) is 3.73. The van der Waals surface area contributed by atoms with Gasteiger partial charge in [0.25, 0.3) is 12.3 Å². The molecule has 0 aliphatic carbocycles. The van der Waals surface area contributed by atoms with Crippen LogP contribution in [0.4, 0.5) is 14.6 Å². The van der Waals surface area contributed by atoms with Gasteiger partial charge in [-0.05, 0) is 6.07 Å². The van der Waals surface area contributed by atoms with Gasteiger partial charge in [-0.15, -0.1) is 0 Å². The maximum atomic E-state index is 12.0. The minimum Gasteiger partial charge on any atom is -0.472 e. The zero-order chi connectivity index (χ0) is 13.7. The van der Waals surface area contributed by atoms with Crippen LogP contribution >= 0.6 is 0 Å². The summed E-state index contributed by atoms with van der Waals surface area (Å²) in [5.41, 5.74) is 0.0840. The Bertz CT molecular complexity index is 546. The molecule has 0 aliphatic rings. The first-order valence-corrected chi connectivity index (χ1v) is 5.25. The Morgan fingerprint density at radius 3 is 2.95 bits per heavy atom. The van der Waals surface area contributed by atoms with E-state index >= 15 is 0 Å². The maximum absolute atomic E-state index is 12.0. The van der Waals surface area contributed by atoms with E-state index < -0.39 is 18.9 Å². The van der Waals surface area contributed by atoms with Crippen LogP contribution in [0.2, 0.25) is 0 Å². The summed E-state index contributed by atoms with van der Waals surface area (Å²) >= 11 is 0. The van der Waals surface area contributed by atoms with E-state index in [0.29, 0.717) is 0 Å². The SMILES string of the molecule is O=C(Nc1cccc(OCC(F)F)n1)c1ccon1. The number of hydrogen-bond acceptors (Lipinski definition) is 5. The minimum atomic E-state index is -2.59. The first kappa shape index (κ1) is 12.9. The number of hydrogen-bond donors (Lipinski definition) is 1. The number of alkyl halides is 2. The molecule has 0 saturated carbocycles. The average molecular weight is 269 g/mol. The monoisotopic (exact) mass is 269 g/mol. The zero-order valence-electron chi connectivity index (χ0n) is 9.55. The van der Waals surface area contributed by atoms with Gasteiger partial charge in [-0.3, -0.25) is 4.79 Å². The minimum absolute atomic E-state index is 0.00162. The van der Waals surface area contributed by atoms with Crippen molar-refractivity contribution in [1.29, 1.82) is 0 Å². The van der Waals surface area contributed by atoms with Crippen molar-refractivity contribution in [1.82, 2.24) is 10.1 Å². The predicted octanol–water partition coefficient (Wildman–Crippen LogP) is 1.97. The summed E-state index contributed by atoms with van der Waals surface area (Å²) in [5, 5.41) is 5.88. The number of rotatable bonds is 5. The Labute approximate surface area is 106 Å². The molecule has 0 unspecified atom stereocenters. The van der Waals surface area contributed by atoms with E-state index in [4.69, 9.17) is 4.74 Å². The number of anilines is 1. The van der Waals surface area contributed by atoms with Gasteiger partial charge < -0.3 is 14.6 Å². The second-order valence-corrected chi connectivity index (χ2v) is 3.40. The molecule has 2 aromatic rings. The lowest BCUT2D eigenvalue weighted by Gasteiger charge is -2.06. The van der Waals surface area contributed by atoms with Gasteiger partial charge in [0.1, 0.15) is 12.1 Å². The van der Waals surface area contributed by atoms with Gasteiger partial charge in [-0.25, -0.2) is 8.78 Å². The highest BCUT2D eigenvalue weighted by Crippen LogP contribution is 2.13. The van der Waals surface area contributed by atoms with Gasteiger partial charge in [-0.2, -0.15) is 4.98 Å². The number of pyridine rings is 1. The molecular weight excluding hydrogens is 260 g/mol. The van der Waals surface area contributed by atoms with Gasteiger partial charge in [-0.1, -0.05) is 11.2 Å². The summed E-state index contributed by atoms with van der Waals surface area (Å²) in [4.78, 5) is 15.5. The van der Waals surface area contributed by atoms with Crippen LogP contribution in [0.3, 0.4) is 0 Å². The number of carbonyl (C=O) groups excluding carboxylic acids is 1. The fourth-order valence-corrected chi connectivity index (χ4v) is 1.22. The largest absolute Gasteiger partial charge is 0.472 e. The number of nitrogens with zero attached hydrogens (tertiary/aromatic N) is 2. The van der Waals surface area contributed by atoms with Crippen LogP contribution in [-0.4, -0.2) is 29.1 Å². The lowest BCUT2D eigenvalue weighted by Crippen LogP contribution is -2.14. The molecule has 0 aliphatic heterocycles. The molecule has 1 N–H and O–H groups in total. The molecule has 0 atom stereocenters. The van der Waals surface area contributed by atoms with Crippen LogP contribution in [0.25, 0.3) is 0 Å². The van der Waals surface area contributed by atoms with Crippen molar-refractivity contribution in [3.05, 3.63) is 36.2 Å². The number of ether oxygens (including phenoxy) is 1. The summed E-state index contributed by atoms with van der Waals surface area (Å²) < 4.78 is 33.2. The molecule has 1 amide bonds. The second kappa shape index (κ2) is 5.89. The molecule has 0 saturated heterocycles. The van der Waals surface area contributed by atoms with Crippen LogP contribution in [0.5, 0.6) is 5.88 Å². The van der Waals surface area contributed by atoms with Crippen LogP contribution < -0.4 is 10.1 Å². The Kier molecular flexibility index (Phi) is 4.01. The number of amides is 1. The van der Waals surface area contributed by atoms with E-state index in [1.165, 1.54) is 30.5 Å². The maximum Gasteiger partial charge on any atom is 0.278 e. The molecule has 2 rings (SSSR count). The summed E-state index contributed by atoms with van der Waals surface area (Å²) in [6.07, 6.45) is -1.33. The first-order chi connectivity index (χ1) is 9.15. The second-order valence-electron chi connectivity index (χ2n) is 3.40. The molecule has 8 heteroatoms. The third-order valence-corrected chi connectivity index (χ3v) is 1.99. The lowest BCUT2D eigenvalue weighted by molar-refractivity contribution is 0.0796. The topological polar surface area (TPSA) is 77.2 Å². The van der Waals surface area contributed by atoms with E-state index in [9.17, 15) is 13.6 Å². The van der Waals surface area contributed by atoms with E-state index in [0.717, 1.165) is 0 Å². The Morgan fingerprint density at radius 1 is 1.42 bits per heavy atom. The molecule has 0 aromatic carbocycles. The first-order valence-electron chi connectivity index (χ1n) is 5.25. The highest BCUT2D eigenvalue weighted by molar-refractivity contribution is 6.02. The molecular formula is C11H9F2N3O3. The highest BCUT2D eigenvalue weighted by Gasteiger charge is 2.10. The van der Waals surface area contributed by atoms with Crippen molar-refractivity contribution < 1.29 is 22.8 Å². The Balaban J connectivity index is 2.01. The molecule has 0 spiro atoms. The smallest absolute Gasteiger partial charge is 0.278 e. The van der Waals surface area contributed by atoms with E-state index in [-0.39, 0.29) is 17.4 Å². The van der Waals surface area contributed by atoms with E-state index in [1.807, 2.05) is 0 Å². The molecule has 100 valence electrons. The molecule has 6 nitrogen and oxygen atoms in total. The summed E-state index contributed by atoms with van der Waals surface area (Å²) in [7, 11) is 0. The Hall–Kier alpha value is -2.51. The van der Waals surface area contributed by atoms with Crippen molar-refractivity contribution in [2.45, 2.75) is 6.43 Å². The fourth-order valence-electron chi connectivity index (χ4n) is 1.22. The average Bonchev–Trinajstić information content (AvgIpc) is 2.91. The molecule has 0 fully saturated rings. The van der Waals surface area contributed by atoms with Crippen LogP contribution in [0, 0.1) is 0 Å². The number of halogens is 2.